The van der Waals surface area contributed by atoms with Crippen LogP contribution in [0.2, 0.25) is 0 Å². The number of ether oxygens (including phenoxy) is 1. The zero-order valence-corrected chi connectivity index (χ0v) is 22.3. The number of primary amides is 1. The van der Waals surface area contributed by atoms with Gasteiger partial charge >= 0.3 is 6.03 Å². The highest BCUT2D eigenvalue weighted by atomic mass is 16.5. The Bertz CT molecular complexity index is 821. The highest BCUT2D eigenvalue weighted by Crippen LogP contribution is 2.22. The molecule has 2 atom stereocenters. The number of aliphatic hydroxyl groups excluding tert-OH is 2. The molecule has 0 saturated carbocycles. The van der Waals surface area contributed by atoms with Crippen LogP contribution in [-0.4, -0.2) is 53.7 Å². The fourth-order valence-corrected chi connectivity index (χ4v) is 3.90. The summed E-state index contributed by atoms with van der Waals surface area (Å²) in [4.78, 5) is 11.0. The van der Waals surface area contributed by atoms with Gasteiger partial charge in [-0.25, -0.2) is 4.79 Å². The number of carbonyl (C=O) groups is 1. The Morgan fingerprint density at radius 3 is 2.47 bits per heavy atom. The highest BCUT2D eigenvalue weighted by Gasteiger charge is 2.10. The van der Waals surface area contributed by atoms with Crippen LogP contribution in [0.25, 0.3) is 0 Å². The summed E-state index contributed by atoms with van der Waals surface area (Å²) in [6.07, 6.45) is 10.8. The largest absolute Gasteiger partial charge is 0.508 e. The molecule has 7 N–H and O–H groups in total. The second kappa shape index (κ2) is 18.8. The number of benzene rings is 1. The number of hydrogen-bond donors (Lipinski definition) is 6. The van der Waals surface area contributed by atoms with Gasteiger partial charge in [-0.05, 0) is 77.1 Å². The lowest BCUT2D eigenvalue weighted by atomic mass is 10.0. The maximum Gasteiger partial charge on any atom is 0.312 e. The fourth-order valence-electron chi connectivity index (χ4n) is 3.90. The van der Waals surface area contributed by atoms with Gasteiger partial charge in [0.05, 0.1) is 12.7 Å². The predicted molar refractivity (Wildman–Crippen MR) is 145 cm³/mol. The first-order valence-electron chi connectivity index (χ1n) is 13.0. The van der Waals surface area contributed by atoms with Crippen molar-refractivity contribution < 1.29 is 24.9 Å². The molecule has 2 unspecified atom stereocenters. The van der Waals surface area contributed by atoms with Crippen LogP contribution < -0.4 is 16.4 Å². The molecule has 1 aromatic carbocycles. The van der Waals surface area contributed by atoms with E-state index < -0.39 is 12.1 Å². The molecule has 8 nitrogen and oxygen atoms in total. The number of aliphatic hydroxyl groups is 2. The normalized spacial score (nSPS) is 13.3. The Morgan fingerprint density at radius 1 is 1.11 bits per heavy atom. The Hall–Kier alpha value is -2.39. The van der Waals surface area contributed by atoms with Crippen LogP contribution in [-0.2, 0) is 11.3 Å². The van der Waals surface area contributed by atoms with Gasteiger partial charge in [0.2, 0.25) is 0 Å². The van der Waals surface area contributed by atoms with Crippen LogP contribution in [0.5, 0.6) is 5.75 Å². The van der Waals surface area contributed by atoms with Crippen molar-refractivity contribution in [1.82, 2.24) is 10.6 Å². The van der Waals surface area contributed by atoms with Crippen molar-refractivity contribution in [3.05, 3.63) is 52.6 Å². The van der Waals surface area contributed by atoms with Gasteiger partial charge in [-0.3, -0.25) is 0 Å². The second-order valence-corrected chi connectivity index (χ2v) is 9.51. The number of aromatic hydroxyl groups is 1. The average molecular weight is 506 g/mol. The Kier molecular flexibility index (Phi) is 16.5. The van der Waals surface area contributed by atoms with Crippen LogP contribution in [0.1, 0.15) is 82.9 Å². The molecule has 0 aromatic heterocycles. The lowest BCUT2D eigenvalue weighted by Gasteiger charge is -2.14. The number of urea groups is 1. The van der Waals surface area contributed by atoms with Crippen molar-refractivity contribution in [3.63, 3.8) is 0 Å². The molecular weight excluding hydrogens is 458 g/mol. The third kappa shape index (κ3) is 14.9. The number of carbonyl (C=O) groups excluding carboxylic acids is 1. The van der Waals surface area contributed by atoms with E-state index in [1.165, 1.54) is 17.2 Å². The van der Waals surface area contributed by atoms with Gasteiger partial charge in [0, 0.05) is 31.4 Å². The Morgan fingerprint density at radius 2 is 1.81 bits per heavy atom. The third-order valence-corrected chi connectivity index (χ3v) is 5.70. The van der Waals surface area contributed by atoms with E-state index in [9.17, 15) is 20.1 Å². The Labute approximate surface area is 216 Å². The van der Waals surface area contributed by atoms with Crippen molar-refractivity contribution in [1.29, 1.82) is 0 Å². The summed E-state index contributed by atoms with van der Waals surface area (Å²) >= 11 is 0. The number of rotatable bonds is 19. The zero-order valence-electron chi connectivity index (χ0n) is 22.3. The van der Waals surface area contributed by atoms with Crippen molar-refractivity contribution in [2.75, 3.05) is 26.3 Å². The molecule has 0 aliphatic carbocycles. The average Bonchev–Trinajstić information content (AvgIpc) is 2.81. The van der Waals surface area contributed by atoms with Crippen molar-refractivity contribution in [2.45, 2.75) is 84.5 Å². The molecular formula is C28H47N3O5. The van der Waals surface area contributed by atoms with Crippen LogP contribution in [0, 0.1) is 0 Å². The number of hydrogen-bond acceptors (Lipinski definition) is 6. The Balaban J connectivity index is 2.06. The maximum absolute atomic E-state index is 11.0. The van der Waals surface area contributed by atoms with Crippen molar-refractivity contribution in [2.24, 2.45) is 5.73 Å². The lowest BCUT2D eigenvalue weighted by molar-refractivity contribution is 0.126. The molecule has 0 heterocycles. The molecule has 1 rings (SSSR count). The number of unbranched alkanes of at least 4 members (excludes halogenated alkanes) is 4. The molecule has 0 spiro atoms. The monoisotopic (exact) mass is 505 g/mol. The van der Waals surface area contributed by atoms with Gasteiger partial charge in [0.25, 0.3) is 0 Å². The van der Waals surface area contributed by atoms with Crippen LogP contribution in [0.4, 0.5) is 4.79 Å². The minimum atomic E-state index is -0.673. The predicted octanol–water partition coefficient (Wildman–Crippen LogP) is 4.20. The van der Waals surface area contributed by atoms with Gasteiger partial charge < -0.3 is 36.4 Å². The standard InChI is InChI=1S/C28H47N3O5/c1-21(2)16-23(17-22(3)31-28(29)35)10-6-9-15-36-14-8-5-4-7-13-30-19-27(34)24-11-12-26(33)25(18-24)20-32/h11-12,16-18,22,27,30,32-34H,4-10,13-15,19-20H2,1-3H3,(H3,29,31,35)/b23-17-. The van der Waals surface area contributed by atoms with E-state index in [-0.39, 0.29) is 18.4 Å². The van der Waals surface area contributed by atoms with E-state index in [1.54, 1.807) is 12.1 Å². The summed E-state index contributed by atoms with van der Waals surface area (Å²) in [6, 6.07) is 4.19. The van der Waals surface area contributed by atoms with Crippen LogP contribution >= 0.6 is 0 Å². The van der Waals surface area contributed by atoms with E-state index in [4.69, 9.17) is 10.5 Å². The molecule has 0 aliphatic rings. The number of nitrogens with two attached hydrogens (primary N) is 1. The SMILES string of the molecule is CC(C)=C/C(=C\C(C)NC(N)=O)CCCCOCCCCCCNCC(O)c1ccc(O)c(CO)c1. The smallest absolute Gasteiger partial charge is 0.312 e. The first-order chi connectivity index (χ1) is 17.2. The lowest BCUT2D eigenvalue weighted by Crippen LogP contribution is -2.35. The summed E-state index contributed by atoms with van der Waals surface area (Å²) in [5, 5.41) is 35.1. The fraction of sp³-hybridized carbons (Fsp3) is 0.607. The van der Waals surface area contributed by atoms with Crippen molar-refractivity contribution >= 4 is 6.03 Å². The first kappa shape index (κ1) is 31.6. The number of allylic oxidation sites excluding steroid dienone is 3. The van der Waals surface area contributed by atoms with E-state index in [0.29, 0.717) is 17.7 Å². The summed E-state index contributed by atoms with van der Waals surface area (Å²) < 4.78 is 5.77. The van der Waals surface area contributed by atoms with E-state index >= 15 is 0 Å². The number of phenols is 1. The van der Waals surface area contributed by atoms with E-state index in [2.05, 4.69) is 36.6 Å². The number of nitrogens with one attached hydrogen (secondary N) is 2. The summed E-state index contributed by atoms with van der Waals surface area (Å²) in [5.41, 5.74) is 8.73. The molecule has 1 aromatic rings. The summed E-state index contributed by atoms with van der Waals surface area (Å²) in [7, 11) is 0. The van der Waals surface area contributed by atoms with Gasteiger partial charge in [-0.15, -0.1) is 0 Å². The molecule has 0 bridgehead atoms. The quantitative estimate of drug-likeness (QED) is 0.123. The molecule has 0 fully saturated rings. The molecule has 0 radical (unpaired) electrons. The van der Waals surface area contributed by atoms with Gasteiger partial charge in [0.15, 0.2) is 0 Å². The van der Waals surface area contributed by atoms with E-state index in [0.717, 1.165) is 64.7 Å². The maximum atomic E-state index is 11.0. The van der Waals surface area contributed by atoms with Gasteiger partial charge in [-0.1, -0.05) is 42.2 Å². The van der Waals surface area contributed by atoms with Crippen molar-refractivity contribution in [3.8, 4) is 5.75 Å². The summed E-state index contributed by atoms with van der Waals surface area (Å²) in [6.45, 7) is 8.58. The molecule has 2 amide bonds. The molecule has 0 aliphatic heterocycles. The summed E-state index contributed by atoms with van der Waals surface area (Å²) in [5.74, 6) is 0.0392. The van der Waals surface area contributed by atoms with Crippen LogP contribution in [0.15, 0.2) is 41.5 Å². The molecule has 0 saturated heterocycles. The second-order valence-electron chi connectivity index (χ2n) is 9.51. The zero-order chi connectivity index (χ0) is 26.8. The highest BCUT2D eigenvalue weighted by molar-refractivity contribution is 5.72. The van der Waals surface area contributed by atoms with E-state index in [1.807, 2.05) is 6.92 Å². The first-order valence-corrected chi connectivity index (χ1v) is 13.0. The molecule has 36 heavy (non-hydrogen) atoms. The topological polar surface area (TPSA) is 137 Å². The third-order valence-electron chi connectivity index (χ3n) is 5.70. The minimum Gasteiger partial charge on any atom is -0.508 e. The molecule has 204 valence electrons. The van der Waals surface area contributed by atoms with Gasteiger partial charge in [0.1, 0.15) is 5.75 Å². The molecule has 8 heteroatoms. The minimum absolute atomic E-state index is 0.0392. The number of amides is 2. The van der Waals surface area contributed by atoms with Crippen LogP contribution in [0.3, 0.4) is 0 Å². The van der Waals surface area contributed by atoms with Gasteiger partial charge in [-0.2, -0.15) is 0 Å².